The van der Waals surface area contributed by atoms with Crippen molar-refractivity contribution in [2.75, 3.05) is 37.9 Å². The number of carbonyl (C=O) groups excluding carboxylic acids is 1. The van der Waals surface area contributed by atoms with Crippen LogP contribution in [0.3, 0.4) is 0 Å². The van der Waals surface area contributed by atoms with Gasteiger partial charge in [0.25, 0.3) is 0 Å². The molecular weight excluding hydrogens is 739 g/mol. The van der Waals surface area contributed by atoms with Crippen molar-refractivity contribution in [1.29, 1.82) is 0 Å². The summed E-state index contributed by atoms with van der Waals surface area (Å²) in [4.78, 5) is 12.7. The molecule has 1 aromatic carbocycles. The molecule has 5 bridgehead atoms. The van der Waals surface area contributed by atoms with Crippen LogP contribution in [0, 0.1) is 23.7 Å². The fraction of sp³-hybridized carbons (Fsp3) is 0.718. The van der Waals surface area contributed by atoms with Crippen LogP contribution in [-0.2, 0) is 20.7 Å². The number of allylic oxidation sites excluding steroid dienone is 1. The smallest absolute Gasteiger partial charge is 0.306 e. The molecule has 2 saturated heterocycles. The highest BCUT2D eigenvalue weighted by molar-refractivity contribution is 8.76. The van der Waals surface area contributed by atoms with Crippen molar-refractivity contribution in [3.8, 4) is 11.5 Å². The van der Waals surface area contributed by atoms with Gasteiger partial charge in [-0.2, -0.15) is 0 Å². The number of nitrogens with one attached hydrogen (secondary N) is 1. The van der Waals surface area contributed by atoms with Gasteiger partial charge in [0.15, 0.2) is 16.9 Å². The Morgan fingerprint density at radius 2 is 1.93 bits per heavy atom. The Hall–Kier alpha value is -2.05. The van der Waals surface area contributed by atoms with Crippen molar-refractivity contribution < 1.29 is 58.8 Å². The molecule has 1 saturated carbocycles. The number of benzene rings is 1. The maximum Gasteiger partial charge on any atom is 0.306 e. The van der Waals surface area contributed by atoms with Crippen molar-refractivity contribution in [2.24, 2.45) is 23.7 Å². The quantitative estimate of drug-likeness (QED) is 0.132. The molecule has 4 heterocycles. The van der Waals surface area contributed by atoms with Crippen LogP contribution >= 0.6 is 21.6 Å². The average Bonchev–Trinajstić information content (AvgIpc) is 3.62. The Kier molecular flexibility index (Phi) is 12.2. The largest absolute Gasteiger partial charge is 0.485 e. The van der Waals surface area contributed by atoms with Gasteiger partial charge in [0.1, 0.15) is 23.9 Å². The second-order valence-corrected chi connectivity index (χ2v) is 18.3. The van der Waals surface area contributed by atoms with Gasteiger partial charge in [-0.05, 0) is 68.6 Å². The molecule has 300 valence electrons. The highest BCUT2D eigenvalue weighted by Crippen LogP contribution is 2.61. The molecule has 54 heavy (non-hydrogen) atoms. The van der Waals surface area contributed by atoms with Crippen LogP contribution in [0.2, 0.25) is 0 Å². The average molecular weight is 794 g/mol. The van der Waals surface area contributed by atoms with E-state index in [0.29, 0.717) is 35.4 Å². The van der Waals surface area contributed by atoms with Crippen LogP contribution in [-0.4, -0.2) is 122 Å². The molecule has 1 spiro atoms. The number of aryl methyl sites for hydroxylation is 1. The lowest BCUT2D eigenvalue weighted by Crippen LogP contribution is -2.86. The van der Waals surface area contributed by atoms with Crippen molar-refractivity contribution in [1.82, 2.24) is 5.32 Å². The van der Waals surface area contributed by atoms with E-state index >= 15 is 0 Å². The first-order chi connectivity index (χ1) is 26.0. The first kappa shape index (κ1) is 40.2. The number of ether oxygens (including phenoxy) is 4. The summed E-state index contributed by atoms with van der Waals surface area (Å²) in [7, 11) is 3.02. The van der Waals surface area contributed by atoms with Gasteiger partial charge in [0.05, 0.1) is 25.1 Å². The number of hydrogen-bond acceptors (Lipinski definition) is 15. The number of fused-ring (bicyclic) bond motifs is 13. The zero-order chi connectivity index (χ0) is 38.3. The summed E-state index contributed by atoms with van der Waals surface area (Å²) in [5.41, 5.74) is -5.58. The van der Waals surface area contributed by atoms with Gasteiger partial charge < -0.3 is 59.3 Å². The number of aliphatic hydroxyl groups excluding tert-OH is 4. The second kappa shape index (κ2) is 16.4. The van der Waals surface area contributed by atoms with E-state index in [1.165, 1.54) is 17.1 Å². The van der Waals surface area contributed by atoms with Crippen molar-refractivity contribution >= 4 is 38.5 Å². The Morgan fingerprint density at radius 1 is 1.09 bits per heavy atom. The summed E-state index contributed by atoms with van der Waals surface area (Å²) in [6.07, 6.45) is 2.32. The molecule has 2 aromatic rings. The van der Waals surface area contributed by atoms with Crippen molar-refractivity contribution in [2.45, 2.75) is 113 Å². The zero-order valence-electron chi connectivity index (χ0n) is 30.9. The summed E-state index contributed by atoms with van der Waals surface area (Å²) < 4.78 is 31.5. The Bertz CT molecular complexity index is 1660. The van der Waals surface area contributed by atoms with Crippen LogP contribution < -0.4 is 14.8 Å². The van der Waals surface area contributed by atoms with Crippen molar-refractivity contribution in [3.05, 3.63) is 36.1 Å². The minimum Gasteiger partial charge on any atom is -0.485 e. The van der Waals surface area contributed by atoms with Gasteiger partial charge >= 0.3 is 5.97 Å². The number of esters is 1. The summed E-state index contributed by atoms with van der Waals surface area (Å²) in [6, 6.07) is 3.71. The molecule has 0 amide bonds. The predicted molar refractivity (Wildman–Crippen MR) is 203 cm³/mol. The monoisotopic (exact) mass is 793 g/mol. The van der Waals surface area contributed by atoms with E-state index < -0.39 is 71.7 Å². The van der Waals surface area contributed by atoms with Crippen LogP contribution in [0.5, 0.6) is 11.5 Å². The second-order valence-electron chi connectivity index (χ2n) is 15.8. The first-order valence-electron chi connectivity index (χ1n) is 19.4. The molecule has 12 atom stereocenters. The maximum absolute atomic E-state index is 13.1. The lowest BCUT2D eigenvalue weighted by Gasteiger charge is -2.67. The molecule has 1 aromatic heterocycles. The Balaban J connectivity index is 1.44. The first-order valence-corrected chi connectivity index (χ1v) is 21.9. The van der Waals surface area contributed by atoms with Gasteiger partial charge in [-0.15, -0.1) is 0 Å². The summed E-state index contributed by atoms with van der Waals surface area (Å²) >= 11 is 0. The van der Waals surface area contributed by atoms with E-state index in [4.69, 9.17) is 23.4 Å². The molecule has 13 nitrogen and oxygen atoms in total. The van der Waals surface area contributed by atoms with Crippen molar-refractivity contribution in [3.63, 3.8) is 0 Å². The highest BCUT2D eigenvalue weighted by atomic mass is 33.1. The molecule has 3 fully saturated rings. The third-order valence-electron chi connectivity index (χ3n) is 12.5. The summed E-state index contributed by atoms with van der Waals surface area (Å²) in [5, 5.41) is 77.1. The van der Waals surface area contributed by atoms with E-state index in [1.54, 1.807) is 42.0 Å². The lowest BCUT2D eigenvalue weighted by atomic mass is 9.50. The molecule has 12 unspecified atom stereocenters. The maximum atomic E-state index is 13.1. The van der Waals surface area contributed by atoms with Gasteiger partial charge in [0, 0.05) is 54.3 Å². The Morgan fingerprint density at radius 3 is 2.72 bits per heavy atom. The molecule has 3 aliphatic heterocycles. The highest BCUT2D eigenvalue weighted by Gasteiger charge is 2.78. The molecule has 7 N–H and O–H groups in total. The number of rotatable bonds is 5. The molecule has 0 radical (unpaired) electrons. The number of carbonyl (C=O) groups is 1. The predicted octanol–water partition coefficient (Wildman–Crippen LogP) is 3.09. The third kappa shape index (κ3) is 7.09. The zero-order valence-corrected chi connectivity index (χ0v) is 32.6. The molecular formula is C39H55NO12S2. The van der Waals surface area contributed by atoms with Crippen LogP contribution in [0.4, 0.5) is 0 Å². The fourth-order valence-electron chi connectivity index (χ4n) is 9.59. The normalized spacial score (nSPS) is 40.2. The number of furan rings is 1. The lowest BCUT2D eigenvalue weighted by molar-refractivity contribution is -0.424. The molecule has 7 rings (SSSR count). The summed E-state index contributed by atoms with van der Waals surface area (Å²) in [5.74, 6) is -1.61. The van der Waals surface area contributed by atoms with Crippen LogP contribution in [0.15, 0.2) is 35.0 Å². The minimum absolute atomic E-state index is 0.00237. The standard InChI is InChI=1S/C39H55NO12S2/c1-3-48-30(44)12-9-23-17-24-13-15-49-32(24)34-33(23)51-36-39(47)31-25(8-11-28(42)27(31)19-41)18-37(46,35(39)45)38(52-36)21-54-53-20-26(40-14-16-50-34)10-7-22(2)5-4-6-29(38)43/h8,11,13,15,17,22,25-29,31,35-36,40-43,45-47H,3-7,9-10,12,14,16,18-21H2,1-2H3. The molecule has 15 heteroatoms. The van der Waals surface area contributed by atoms with E-state index in [0.717, 1.165) is 25.0 Å². The van der Waals surface area contributed by atoms with Crippen LogP contribution in [0.1, 0.15) is 64.4 Å². The van der Waals surface area contributed by atoms with Gasteiger partial charge in [-0.3, -0.25) is 4.79 Å². The third-order valence-corrected chi connectivity index (χ3v) is 15.0. The van der Waals surface area contributed by atoms with Gasteiger partial charge in [-0.25, -0.2) is 0 Å². The van der Waals surface area contributed by atoms with E-state index in [9.17, 15) is 35.4 Å². The van der Waals surface area contributed by atoms with E-state index in [-0.39, 0.29) is 62.2 Å². The number of aliphatic hydroxyl groups is 6. The Labute approximate surface area is 323 Å². The molecule has 2 aliphatic carbocycles. The van der Waals surface area contributed by atoms with E-state index in [2.05, 4.69) is 12.2 Å². The minimum atomic E-state index is -2.43. The topological polar surface area (TPSA) is 201 Å². The summed E-state index contributed by atoms with van der Waals surface area (Å²) in [6.45, 7) is 4.33. The van der Waals surface area contributed by atoms with Gasteiger partial charge in [0.2, 0.25) is 12.0 Å². The molecule has 5 aliphatic rings. The number of hydrogen-bond donors (Lipinski definition) is 7. The van der Waals surface area contributed by atoms with E-state index in [1.807, 2.05) is 0 Å². The van der Waals surface area contributed by atoms with Crippen LogP contribution in [0.25, 0.3) is 11.0 Å². The fourth-order valence-corrected chi connectivity index (χ4v) is 12.5. The SMILES string of the molecule is CCOC(=O)CCc1cc2ccoc2c2c1OC1OC3(CSSCC(CCC(C)CCCC3O)NCCO2)C2(O)CC3C=CC(O)C(CO)C3C1(O)C2O. The van der Waals surface area contributed by atoms with Gasteiger partial charge in [-0.1, -0.05) is 53.5 Å².